The van der Waals surface area contributed by atoms with Crippen molar-refractivity contribution in [2.24, 2.45) is 5.16 Å². The van der Waals surface area contributed by atoms with E-state index in [2.05, 4.69) is 25.1 Å². The summed E-state index contributed by atoms with van der Waals surface area (Å²) in [5.74, 6) is 0.544. The van der Waals surface area contributed by atoms with Crippen molar-refractivity contribution in [2.45, 2.75) is 32.6 Å². The van der Waals surface area contributed by atoms with Crippen LogP contribution < -0.4 is 0 Å². The summed E-state index contributed by atoms with van der Waals surface area (Å²) in [4.78, 5) is 0. The largest absolute Gasteiger partial charge is 0.411 e. The molecule has 0 fully saturated rings. The van der Waals surface area contributed by atoms with E-state index in [-0.39, 0.29) is 0 Å². The van der Waals surface area contributed by atoms with Crippen molar-refractivity contribution in [3.05, 3.63) is 34.9 Å². The Balaban J connectivity index is 2.55. The maximum absolute atomic E-state index is 8.83. The van der Waals surface area contributed by atoms with Crippen molar-refractivity contribution < 1.29 is 5.21 Å². The molecule has 1 aromatic rings. The van der Waals surface area contributed by atoms with Crippen molar-refractivity contribution in [1.82, 2.24) is 0 Å². The number of benzene rings is 1. The molecule has 0 aromatic heterocycles. The molecule has 0 unspecified atom stereocenters. The molecule has 0 heterocycles. The van der Waals surface area contributed by atoms with E-state index in [1.807, 2.05) is 12.1 Å². The average Bonchev–Trinajstić information content (AvgIpc) is 2.59. The molecule has 0 radical (unpaired) electrons. The second-order valence-corrected chi connectivity index (χ2v) is 4.07. The Morgan fingerprint density at radius 3 is 2.71 bits per heavy atom. The Hall–Kier alpha value is -1.31. The first kappa shape index (κ1) is 9.25. The van der Waals surface area contributed by atoms with Gasteiger partial charge >= 0.3 is 0 Å². The quantitative estimate of drug-likeness (QED) is 0.534. The van der Waals surface area contributed by atoms with Gasteiger partial charge in [0.15, 0.2) is 0 Å². The summed E-state index contributed by atoms with van der Waals surface area (Å²) in [6.45, 7) is 4.40. The molecule has 14 heavy (non-hydrogen) atoms. The molecule has 0 atom stereocenters. The molecule has 0 spiro atoms. The average molecular weight is 189 g/mol. The number of oxime groups is 1. The maximum Gasteiger partial charge on any atom is 0.0873 e. The molecule has 0 saturated heterocycles. The number of rotatable bonds is 1. The van der Waals surface area contributed by atoms with E-state index in [1.54, 1.807) is 0 Å². The van der Waals surface area contributed by atoms with Gasteiger partial charge in [-0.3, -0.25) is 0 Å². The van der Waals surface area contributed by atoms with Gasteiger partial charge in [-0.1, -0.05) is 37.2 Å². The topological polar surface area (TPSA) is 32.6 Å². The minimum absolute atomic E-state index is 0.544. The number of nitrogens with zero attached hydrogens (tertiary/aromatic N) is 1. The summed E-state index contributed by atoms with van der Waals surface area (Å²) in [5.41, 5.74) is 4.73. The van der Waals surface area contributed by atoms with Gasteiger partial charge in [0.1, 0.15) is 0 Å². The van der Waals surface area contributed by atoms with Crippen LogP contribution in [0.15, 0.2) is 23.4 Å². The Kier molecular flexibility index (Phi) is 2.28. The Labute approximate surface area is 84.3 Å². The van der Waals surface area contributed by atoms with E-state index in [0.717, 1.165) is 24.1 Å². The predicted octanol–water partition coefficient (Wildman–Crippen LogP) is 2.93. The summed E-state index contributed by atoms with van der Waals surface area (Å²) in [6, 6.07) is 6.26. The first-order chi connectivity index (χ1) is 6.74. The van der Waals surface area contributed by atoms with Gasteiger partial charge in [0.25, 0.3) is 0 Å². The normalized spacial score (nSPS) is 17.8. The zero-order valence-corrected chi connectivity index (χ0v) is 8.62. The fraction of sp³-hybridized carbons (Fsp3) is 0.417. The molecule has 2 heteroatoms. The maximum atomic E-state index is 8.83. The molecule has 2 rings (SSSR count). The van der Waals surface area contributed by atoms with Crippen molar-refractivity contribution in [3.8, 4) is 0 Å². The van der Waals surface area contributed by atoms with E-state index in [4.69, 9.17) is 5.21 Å². The Morgan fingerprint density at radius 1 is 1.29 bits per heavy atom. The first-order valence-corrected chi connectivity index (χ1v) is 5.07. The molecule has 1 aliphatic rings. The molecule has 1 aliphatic carbocycles. The lowest BCUT2D eigenvalue weighted by atomic mass is 9.95. The minimum Gasteiger partial charge on any atom is -0.411 e. The molecule has 2 nitrogen and oxygen atoms in total. The third-order valence-electron chi connectivity index (χ3n) is 2.88. The van der Waals surface area contributed by atoms with Gasteiger partial charge in [-0.15, -0.1) is 0 Å². The SMILES string of the molecule is CC(C)c1cccc2c1CC/C2=N\O. The van der Waals surface area contributed by atoms with E-state index >= 15 is 0 Å². The number of hydrogen-bond acceptors (Lipinski definition) is 2. The molecular formula is C12H15NO. The molecule has 0 bridgehead atoms. The van der Waals surface area contributed by atoms with Crippen LogP contribution in [-0.4, -0.2) is 10.9 Å². The van der Waals surface area contributed by atoms with Gasteiger partial charge in [0, 0.05) is 5.56 Å². The van der Waals surface area contributed by atoms with Crippen LogP contribution in [0, 0.1) is 0 Å². The summed E-state index contributed by atoms with van der Waals surface area (Å²) in [6.07, 6.45) is 1.89. The zero-order chi connectivity index (χ0) is 10.1. The zero-order valence-electron chi connectivity index (χ0n) is 8.62. The highest BCUT2D eigenvalue weighted by molar-refractivity contribution is 6.04. The monoisotopic (exact) mass is 189 g/mol. The van der Waals surface area contributed by atoms with Gasteiger partial charge in [-0.25, -0.2) is 0 Å². The van der Waals surface area contributed by atoms with Gasteiger partial charge in [0.05, 0.1) is 5.71 Å². The second-order valence-electron chi connectivity index (χ2n) is 4.07. The minimum atomic E-state index is 0.544. The third-order valence-corrected chi connectivity index (χ3v) is 2.88. The molecule has 0 saturated carbocycles. The first-order valence-electron chi connectivity index (χ1n) is 5.07. The van der Waals surface area contributed by atoms with Gasteiger partial charge in [-0.2, -0.15) is 0 Å². The van der Waals surface area contributed by atoms with E-state index in [0.29, 0.717) is 5.92 Å². The van der Waals surface area contributed by atoms with Crippen LogP contribution in [0.25, 0.3) is 0 Å². The number of hydrogen-bond donors (Lipinski definition) is 1. The van der Waals surface area contributed by atoms with Crippen molar-refractivity contribution in [2.75, 3.05) is 0 Å². The lowest BCUT2D eigenvalue weighted by molar-refractivity contribution is 0.318. The second kappa shape index (κ2) is 3.45. The fourth-order valence-electron chi connectivity index (χ4n) is 2.18. The van der Waals surface area contributed by atoms with E-state index < -0.39 is 0 Å². The lowest BCUT2D eigenvalue weighted by Gasteiger charge is -2.10. The van der Waals surface area contributed by atoms with Gasteiger partial charge in [0.2, 0.25) is 0 Å². The highest BCUT2D eigenvalue weighted by Gasteiger charge is 2.21. The van der Waals surface area contributed by atoms with E-state index in [9.17, 15) is 0 Å². The molecule has 0 amide bonds. The Morgan fingerprint density at radius 2 is 2.07 bits per heavy atom. The summed E-state index contributed by atoms with van der Waals surface area (Å²) >= 11 is 0. The highest BCUT2D eigenvalue weighted by atomic mass is 16.4. The van der Waals surface area contributed by atoms with Crippen LogP contribution in [0.3, 0.4) is 0 Å². The molecule has 1 aromatic carbocycles. The number of fused-ring (bicyclic) bond motifs is 1. The van der Waals surface area contributed by atoms with E-state index in [1.165, 1.54) is 11.1 Å². The van der Waals surface area contributed by atoms with Gasteiger partial charge < -0.3 is 5.21 Å². The van der Waals surface area contributed by atoms with Crippen molar-refractivity contribution in [1.29, 1.82) is 0 Å². The fourth-order valence-corrected chi connectivity index (χ4v) is 2.18. The Bertz CT molecular complexity index is 380. The molecule has 74 valence electrons. The van der Waals surface area contributed by atoms with Crippen LogP contribution in [0.4, 0.5) is 0 Å². The van der Waals surface area contributed by atoms with Crippen LogP contribution in [0.1, 0.15) is 42.9 Å². The van der Waals surface area contributed by atoms with Crippen molar-refractivity contribution >= 4 is 5.71 Å². The molecule has 0 aliphatic heterocycles. The van der Waals surface area contributed by atoms with Gasteiger partial charge in [-0.05, 0) is 29.9 Å². The van der Waals surface area contributed by atoms with Crippen LogP contribution in [0.2, 0.25) is 0 Å². The smallest absolute Gasteiger partial charge is 0.0873 e. The van der Waals surface area contributed by atoms with Crippen LogP contribution in [-0.2, 0) is 6.42 Å². The van der Waals surface area contributed by atoms with Crippen molar-refractivity contribution in [3.63, 3.8) is 0 Å². The molecule has 1 N–H and O–H groups in total. The third kappa shape index (κ3) is 1.31. The van der Waals surface area contributed by atoms with Crippen LogP contribution in [0.5, 0.6) is 0 Å². The predicted molar refractivity (Wildman–Crippen MR) is 57.2 cm³/mol. The van der Waals surface area contributed by atoms with Crippen LogP contribution >= 0.6 is 0 Å². The lowest BCUT2D eigenvalue weighted by Crippen LogP contribution is -1.97. The summed E-state index contributed by atoms with van der Waals surface area (Å²) in [5, 5.41) is 12.2. The summed E-state index contributed by atoms with van der Waals surface area (Å²) < 4.78 is 0. The summed E-state index contributed by atoms with van der Waals surface area (Å²) in [7, 11) is 0. The molecular weight excluding hydrogens is 174 g/mol. The highest BCUT2D eigenvalue weighted by Crippen LogP contribution is 2.29. The standard InChI is InChI=1S/C12H15NO/c1-8(2)9-4-3-5-11-10(9)6-7-12(11)13-14/h3-5,8,14H,6-7H2,1-2H3/b13-12+.